The van der Waals surface area contributed by atoms with Gasteiger partial charge in [0.1, 0.15) is 0 Å². The fourth-order valence-electron chi connectivity index (χ4n) is 2.14. The molecule has 0 saturated carbocycles. The summed E-state index contributed by atoms with van der Waals surface area (Å²) in [4.78, 5) is 25.9. The number of carbonyl (C=O) groups is 2. The van der Waals surface area contributed by atoms with Crippen molar-refractivity contribution in [2.75, 3.05) is 10.6 Å². The van der Waals surface area contributed by atoms with E-state index in [0.29, 0.717) is 21.4 Å². The summed E-state index contributed by atoms with van der Waals surface area (Å²) in [6.07, 6.45) is 0. The normalized spacial score (nSPS) is 19.7. The number of carbonyl (C=O) groups excluding carboxylic acids is 2. The number of anilines is 2. The molecule has 2 aromatic carbocycles. The fourth-order valence-corrected chi connectivity index (χ4v) is 3.54. The lowest BCUT2D eigenvalue weighted by Crippen LogP contribution is -2.49. The maximum absolute atomic E-state index is 12.6. The molecule has 1 aliphatic heterocycles. The van der Waals surface area contributed by atoms with Gasteiger partial charge in [-0.05, 0) is 37.3 Å². The van der Waals surface area contributed by atoms with Crippen LogP contribution in [0.15, 0.2) is 47.4 Å². The first-order valence-electron chi connectivity index (χ1n) is 6.76. The maximum atomic E-state index is 12.6. The molecule has 0 saturated heterocycles. The minimum absolute atomic E-state index is 0.334. The van der Waals surface area contributed by atoms with E-state index >= 15 is 0 Å². The van der Waals surface area contributed by atoms with E-state index in [4.69, 9.17) is 23.2 Å². The predicted molar refractivity (Wildman–Crippen MR) is 94.4 cm³/mol. The molecule has 0 bridgehead atoms. The van der Waals surface area contributed by atoms with Gasteiger partial charge in [-0.1, -0.05) is 47.1 Å². The Bertz CT molecular complexity index is 812. The van der Waals surface area contributed by atoms with Crippen LogP contribution in [-0.4, -0.2) is 16.6 Å². The van der Waals surface area contributed by atoms with Crippen LogP contribution in [0.3, 0.4) is 0 Å². The third kappa shape index (κ3) is 3.04. The van der Waals surface area contributed by atoms with Crippen molar-refractivity contribution in [3.05, 3.63) is 52.5 Å². The summed E-state index contributed by atoms with van der Waals surface area (Å²) >= 11 is 13.0. The third-order valence-electron chi connectivity index (χ3n) is 3.49. The smallest absolute Gasteiger partial charge is 0.250 e. The van der Waals surface area contributed by atoms with E-state index in [2.05, 4.69) is 10.6 Å². The van der Waals surface area contributed by atoms with Crippen LogP contribution in [-0.2, 0) is 9.59 Å². The molecule has 3 rings (SSSR count). The van der Waals surface area contributed by atoms with Gasteiger partial charge in [-0.3, -0.25) is 9.59 Å². The Balaban J connectivity index is 1.86. The van der Waals surface area contributed by atoms with Gasteiger partial charge in [0.05, 0.1) is 15.7 Å². The average Bonchev–Trinajstić information content (AvgIpc) is 2.52. The molecule has 0 aliphatic carbocycles. The molecule has 0 spiro atoms. The fraction of sp³-hybridized carbons (Fsp3) is 0.125. The first kappa shape index (κ1) is 16.2. The standard InChI is InChI=1S/C16H12Cl2N2O2S/c1-16(14(21)19-9-6-7-10(17)11(18)8-9)15(22)20-12-4-2-3-5-13(12)23-16/h2-8H,1H3,(H,19,21)(H,20,22). The summed E-state index contributed by atoms with van der Waals surface area (Å²) in [7, 11) is 0. The van der Waals surface area contributed by atoms with Crippen molar-refractivity contribution < 1.29 is 9.59 Å². The van der Waals surface area contributed by atoms with Crippen LogP contribution in [0.5, 0.6) is 0 Å². The van der Waals surface area contributed by atoms with Crippen molar-refractivity contribution in [1.82, 2.24) is 0 Å². The zero-order chi connectivity index (χ0) is 16.6. The predicted octanol–water partition coefficient (Wildman–Crippen LogP) is 4.44. The van der Waals surface area contributed by atoms with Gasteiger partial charge in [0.2, 0.25) is 11.8 Å². The minimum atomic E-state index is -1.28. The molecule has 0 aromatic heterocycles. The summed E-state index contributed by atoms with van der Waals surface area (Å²) in [5, 5.41) is 6.22. The van der Waals surface area contributed by atoms with Crippen LogP contribution < -0.4 is 10.6 Å². The molecule has 118 valence electrons. The van der Waals surface area contributed by atoms with Gasteiger partial charge in [0, 0.05) is 10.6 Å². The number of benzene rings is 2. The number of fused-ring (bicyclic) bond motifs is 1. The Morgan fingerprint density at radius 1 is 1.17 bits per heavy atom. The number of rotatable bonds is 2. The molecule has 2 amide bonds. The zero-order valence-electron chi connectivity index (χ0n) is 12.0. The molecular formula is C16H12Cl2N2O2S. The highest BCUT2D eigenvalue weighted by atomic mass is 35.5. The summed E-state index contributed by atoms with van der Waals surface area (Å²) < 4.78 is -1.28. The number of amides is 2. The molecular weight excluding hydrogens is 355 g/mol. The molecule has 1 aliphatic rings. The Hall–Kier alpha value is -1.69. The van der Waals surface area contributed by atoms with Crippen LogP contribution in [0.1, 0.15) is 6.92 Å². The largest absolute Gasteiger partial charge is 0.324 e. The van der Waals surface area contributed by atoms with E-state index in [1.807, 2.05) is 18.2 Å². The molecule has 2 aromatic rings. The van der Waals surface area contributed by atoms with E-state index < -0.39 is 10.7 Å². The molecule has 1 unspecified atom stereocenters. The molecule has 7 heteroatoms. The average molecular weight is 367 g/mol. The van der Waals surface area contributed by atoms with Gasteiger partial charge >= 0.3 is 0 Å². The molecule has 1 atom stereocenters. The Morgan fingerprint density at radius 2 is 1.91 bits per heavy atom. The van der Waals surface area contributed by atoms with Crippen molar-refractivity contribution in [3.8, 4) is 0 Å². The topological polar surface area (TPSA) is 58.2 Å². The van der Waals surface area contributed by atoms with Gasteiger partial charge in [0.15, 0.2) is 4.75 Å². The van der Waals surface area contributed by atoms with Gasteiger partial charge in [-0.15, -0.1) is 0 Å². The molecule has 1 heterocycles. The number of hydrogen-bond donors (Lipinski definition) is 2. The van der Waals surface area contributed by atoms with Gasteiger partial charge in [-0.25, -0.2) is 0 Å². The molecule has 4 nitrogen and oxygen atoms in total. The van der Waals surface area contributed by atoms with Gasteiger partial charge in [-0.2, -0.15) is 0 Å². The quantitative estimate of drug-likeness (QED) is 0.772. The Labute approximate surface area is 147 Å². The van der Waals surface area contributed by atoms with Gasteiger partial charge in [0.25, 0.3) is 0 Å². The third-order valence-corrected chi connectivity index (χ3v) is 5.59. The number of halogens is 2. The molecule has 23 heavy (non-hydrogen) atoms. The van der Waals surface area contributed by atoms with E-state index in [1.165, 1.54) is 11.8 Å². The van der Waals surface area contributed by atoms with E-state index in [-0.39, 0.29) is 5.91 Å². The highest BCUT2D eigenvalue weighted by Gasteiger charge is 2.45. The summed E-state index contributed by atoms with van der Waals surface area (Å²) in [5.74, 6) is -0.786. The van der Waals surface area contributed by atoms with Gasteiger partial charge < -0.3 is 10.6 Å². The second-order valence-corrected chi connectivity index (χ2v) is 7.44. The van der Waals surface area contributed by atoms with Crippen LogP contribution in [0, 0.1) is 0 Å². The summed E-state index contributed by atoms with van der Waals surface area (Å²) in [5.41, 5.74) is 1.19. The van der Waals surface area contributed by atoms with E-state index in [9.17, 15) is 9.59 Å². The second kappa shape index (κ2) is 6.07. The molecule has 0 fully saturated rings. The van der Waals surface area contributed by atoms with E-state index in [1.54, 1.807) is 31.2 Å². The van der Waals surface area contributed by atoms with Crippen molar-refractivity contribution >= 4 is 58.2 Å². The van der Waals surface area contributed by atoms with Crippen LogP contribution in [0.25, 0.3) is 0 Å². The minimum Gasteiger partial charge on any atom is -0.324 e. The summed E-state index contributed by atoms with van der Waals surface area (Å²) in [6.45, 7) is 1.59. The SMILES string of the molecule is CC1(C(=O)Nc2ccc(Cl)c(Cl)c2)Sc2ccccc2NC1=O. The lowest BCUT2D eigenvalue weighted by Gasteiger charge is -2.31. The zero-order valence-corrected chi connectivity index (χ0v) is 14.4. The molecule has 0 radical (unpaired) electrons. The second-order valence-electron chi connectivity index (χ2n) is 5.17. The maximum Gasteiger partial charge on any atom is 0.250 e. The highest BCUT2D eigenvalue weighted by Crippen LogP contribution is 2.42. The van der Waals surface area contributed by atoms with Crippen LogP contribution >= 0.6 is 35.0 Å². The lowest BCUT2D eigenvalue weighted by molar-refractivity contribution is -0.126. The van der Waals surface area contributed by atoms with Crippen LogP contribution in [0.2, 0.25) is 10.0 Å². The van der Waals surface area contributed by atoms with Crippen molar-refractivity contribution in [2.45, 2.75) is 16.6 Å². The van der Waals surface area contributed by atoms with E-state index in [0.717, 1.165) is 4.90 Å². The number of thioether (sulfide) groups is 1. The lowest BCUT2D eigenvalue weighted by atomic mass is 10.1. The number of para-hydroxylation sites is 1. The summed E-state index contributed by atoms with van der Waals surface area (Å²) in [6, 6.07) is 12.1. The Kier molecular flexibility index (Phi) is 4.27. The molecule has 2 N–H and O–H groups in total. The Morgan fingerprint density at radius 3 is 2.65 bits per heavy atom. The number of nitrogens with one attached hydrogen (secondary N) is 2. The number of hydrogen-bond acceptors (Lipinski definition) is 3. The van der Waals surface area contributed by atoms with Crippen molar-refractivity contribution in [1.29, 1.82) is 0 Å². The monoisotopic (exact) mass is 366 g/mol. The highest BCUT2D eigenvalue weighted by molar-refractivity contribution is 8.02. The first-order chi connectivity index (χ1) is 10.9. The van der Waals surface area contributed by atoms with Crippen molar-refractivity contribution in [3.63, 3.8) is 0 Å². The van der Waals surface area contributed by atoms with Crippen LogP contribution in [0.4, 0.5) is 11.4 Å². The van der Waals surface area contributed by atoms with Crippen molar-refractivity contribution in [2.24, 2.45) is 0 Å². The first-order valence-corrected chi connectivity index (χ1v) is 8.33.